The van der Waals surface area contributed by atoms with Crippen LogP contribution in [0.25, 0.3) is 16.5 Å². The number of amides is 2. The predicted octanol–water partition coefficient (Wildman–Crippen LogP) is 2.90. The van der Waals surface area contributed by atoms with E-state index < -0.39 is 0 Å². The highest BCUT2D eigenvalue weighted by Gasteiger charge is 2.28. The van der Waals surface area contributed by atoms with Crippen molar-refractivity contribution < 1.29 is 14.0 Å². The van der Waals surface area contributed by atoms with E-state index in [1.54, 1.807) is 29.2 Å². The van der Waals surface area contributed by atoms with Gasteiger partial charge in [0.25, 0.3) is 0 Å². The first-order valence-electron chi connectivity index (χ1n) is 7.65. The lowest BCUT2D eigenvalue weighted by molar-refractivity contribution is -0.125. The summed E-state index contributed by atoms with van der Waals surface area (Å²) in [5, 5.41) is 0. The summed E-state index contributed by atoms with van der Waals surface area (Å²) in [4.78, 5) is 26.6. The summed E-state index contributed by atoms with van der Waals surface area (Å²) in [5.74, 6) is -1.01. The fourth-order valence-corrected chi connectivity index (χ4v) is 3.64. The van der Waals surface area contributed by atoms with Crippen molar-refractivity contribution in [3.8, 4) is 10.4 Å². The molecule has 0 spiro atoms. The lowest BCUT2D eigenvalue weighted by atomic mass is 10.1. The van der Waals surface area contributed by atoms with Crippen molar-refractivity contribution in [2.24, 2.45) is 11.7 Å². The third kappa shape index (κ3) is 3.54. The first-order chi connectivity index (χ1) is 11.5. The molecule has 2 heterocycles. The van der Waals surface area contributed by atoms with Crippen LogP contribution in [-0.2, 0) is 9.59 Å². The van der Waals surface area contributed by atoms with Crippen LogP contribution in [0.15, 0.2) is 42.5 Å². The van der Waals surface area contributed by atoms with Gasteiger partial charge in [-0.25, -0.2) is 4.39 Å². The van der Waals surface area contributed by atoms with Gasteiger partial charge in [0.05, 0.1) is 5.92 Å². The van der Waals surface area contributed by atoms with Gasteiger partial charge >= 0.3 is 0 Å². The van der Waals surface area contributed by atoms with Crippen LogP contribution in [-0.4, -0.2) is 29.8 Å². The molecule has 1 unspecified atom stereocenters. The monoisotopic (exact) mass is 344 g/mol. The van der Waals surface area contributed by atoms with Crippen molar-refractivity contribution in [1.29, 1.82) is 0 Å². The van der Waals surface area contributed by atoms with Crippen molar-refractivity contribution in [3.05, 3.63) is 53.2 Å². The highest BCUT2D eigenvalue weighted by atomic mass is 32.1. The third-order valence-electron chi connectivity index (χ3n) is 4.06. The summed E-state index contributed by atoms with van der Waals surface area (Å²) in [6.45, 7) is 0.922. The molecule has 2 amide bonds. The number of carbonyl (C=O) groups excluding carboxylic acids is 2. The lowest BCUT2D eigenvalue weighted by Gasteiger charge is -2.12. The van der Waals surface area contributed by atoms with Crippen LogP contribution in [0.2, 0.25) is 0 Å². The minimum Gasteiger partial charge on any atom is -0.369 e. The fourth-order valence-electron chi connectivity index (χ4n) is 2.70. The molecule has 24 heavy (non-hydrogen) atoms. The van der Waals surface area contributed by atoms with Crippen LogP contribution in [0.5, 0.6) is 0 Å². The number of hydrogen-bond donors (Lipinski definition) is 1. The molecule has 0 radical (unpaired) electrons. The second kappa shape index (κ2) is 6.97. The van der Waals surface area contributed by atoms with Gasteiger partial charge in [-0.05, 0) is 30.7 Å². The van der Waals surface area contributed by atoms with E-state index >= 15 is 0 Å². The number of primary amides is 1. The summed E-state index contributed by atoms with van der Waals surface area (Å²) in [7, 11) is 0. The van der Waals surface area contributed by atoms with Gasteiger partial charge < -0.3 is 10.6 Å². The molecule has 2 N–H and O–H groups in total. The number of thiophene rings is 1. The van der Waals surface area contributed by atoms with E-state index in [4.69, 9.17) is 5.73 Å². The van der Waals surface area contributed by atoms with Crippen molar-refractivity contribution in [3.63, 3.8) is 0 Å². The number of hydrogen-bond acceptors (Lipinski definition) is 3. The minimum atomic E-state index is -0.359. The Labute approximate surface area is 143 Å². The van der Waals surface area contributed by atoms with Gasteiger partial charge in [0, 0.05) is 34.5 Å². The summed E-state index contributed by atoms with van der Waals surface area (Å²) in [6, 6.07) is 10.3. The number of likely N-dealkylation sites (tertiary alicyclic amines) is 1. The van der Waals surface area contributed by atoms with E-state index in [1.165, 1.54) is 23.5 Å². The Morgan fingerprint density at radius 3 is 2.75 bits per heavy atom. The summed E-state index contributed by atoms with van der Waals surface area (Å²) < 4.78 is 13.8. The Bertz CT molecular complexity index is 800. The molecule has 1 saturated heterocycles. The summed E-state index contributed by atoms with van der Waals surface area (Å²) in [5.41, 5.74) is 5.82. The Balaban J connectivity index is 1.67. The first kappa shape index (κ1) is 16.4. The van der Waals surface area contributed by atoms with Gasteiger partial charge in [-0.3, -0.25) is 9.59 Å². The highest BCUT2D eigenvalue weighted by molar-refractivity contribution is 7.16. The summed E-state index contributed by atoms with van der Waals surface area (Å²) in [6.07, 6.45) is 3.82. The molecular weight excluding hydrogens is 327 g/mol. The summed E-state index contributed by atoms with van der Waals surface area (Å²) >= 11 is 1.42. The van der Waals surface area contributed by atoms with E-state index in [0.29, 0.717) is 25.1 Å². The van der Waals surface area contributed by atoms with Crippen molar-refractivity contribution in [2.75, 3.05) is 13.1 Å². The largest absolute Gasteiger partial charge is 0.369 e. The molecule has 0 aliphatic carbocycles. The molecule has 1 aliphatic rings. The number of halogens is 1. The first-order valence-corrected chi connectivity index (χ1v) is 8.47. The third-order valence-corrected chi connectivity index (χ3v) is 5.14. The molecular formula is C18H17FN2O2S. The molecule has 6 heteroatoms. The van der Waals surface area contributed by atoms with E-state index in [-0.39, 0.29) is 23.5 Å². The van der Waals surface area contributed by atoms with Gasteiger partial charge in [0.2, 0.25) is 11.8 Å². The maximum atomic E-state index is 13.8. The predicted molar refractivity (Wildman–Crippen MR) is 92.6 cm³/mol. The van der Waals surface area contributed by atoms with E-state index in [0.717, 1.165) is 9.75 Å². The molecule has 0 bridgehead atoms. The topological polar surface area (TPSA) is 63.4 Å². The number of benzene rings is 1. The van der Waals surface area contributed by atoms with Crippen LogP contribution in [0.3, 0.4) is 0 Å². The zero-order valence-corrected chi connectivity index (χ0v) is 13.8. The second-order valence-electron chi connectivity index (χ2n) is 5.69. The van der Waals surface area contributed by atoms with Crippen LogP contribution < -0.4 is 5.73 Å². The van der Waals surface area contributed by atoms with Gasteiger partial charge in [-0.15, -0.1) is 11.3 Å². The molecule has 1 aromatic carbocycles. The molecule has 124 valence electrons. The smallest absolute Gasteiger partial charge is 0.246 e. The van der Waals surface area contributed by atoms with Crippen molar-refractivity contribution in [2.45, 2.75) is 6.42 Å². The highest BCUT2D eigenvalue weighted by Crippen LogP contribution is 2.30. The molecule has 2 aromatic rings. The van der Waals surface area contributed by atoms with E-state index in [2.05, 4.69) is 0 Å². The van der Waals surface area contributed by atoms with Gasteiger partial charge in [-0.1, -0.05) is 18.2 Å². The van der Waals surface area contributed by atoms with Crippen molar-refractivity contribution in [1.82, 2.24) is 4.90 Å². The lowest BCUT2D eigenvalue weighted by Crippen LogP contribution is -2.30. The van der Waals surface area contributed by atoms with Crippen LogP contribution >= 0.6 is 11.3 Å². The zero-order chi connectivity index (χ0) is 17.1. The normalized spacial score (nSPS) is 17.5. The van der Waals surface area contributed by atoms with E-state index in [1.807, 2.05) is 12.1 Å². The molecule has 1 aliphatic heterocycles. The standard InChI is InChI=1S/C18H17FN2O2S/c19-15-4-2-1-3-14(15)16-7-5-13(24-16)6-8-17(22)21-10-9-12(11-21)18(20)23/h1-8,12H,9-11H2,(H2,20,23). The zero-order valence-electron chi connectivity index (χ0n) is 12.9. The number of rotatable bonds is 4. The maximum Gasteiger partial charge on any atom is 0.246 e. The molecule has 0 saturated carbocycles. The van der Waals surface area contributed by atoms with Gasteiger partial charge in [-0.2, -0.15) is 0 Å². The van der Waals surface area contributed by atoms with Crippen LogP contribution in [0.1, 0.15) is 11.3 Å². The van der Waals surface area contributed by atoms with Crippen LogP contribution in [0, 0.1) is 11.7 Å². The molecule has 3 rings (SSSR count). The molecule has 1 fully saturated rings. The van der Waals surface area contributed by atoms with Crippen LogP contribution in [0.4, 0.5) is 4.39 Å². The molecule has 1 aromatic heterocycles. The average Bonchev–Trinajstić information content (AvgIpc) is 3.22. The Morgan fingerprint density at radius 2 is 2.04 bits per heavy atom. The number of carbonyl (C=O) groups is 2. The van der Waals surface area contributed by atoms with Gasteiger partial charge in [0.15, 0.2) is 0 Å². The SMILES string of the molecule is NC(=O)C1CCN(C(=O)C=Cc2ccc(-c3ccccc3F)s2)C1. The second-order valence-corrected chi connectivity index (χ2v) is 6.80. The van der Waals surface area contributed by atoms with Gasteiger partial charge in [0.1, 0.15) is 5.82 Å². The Morgan fingerprint density at radius 1 is 1.25 bits per heavy atom. The van der Waals surface area contributed by atoms with E-state index in [9.17, 15) is 14.0 Å². The molecule has 1 atom stereocenters. The number of nitrogens with zero attached hydrogens (tertiary/aromatic N) is 1. The average molecular weight is 344 g/mol. The quantitative estimate of drug-likeness (QED) is 0.867. The maximum absolute atomic E-state index is 13.8. The number of nitrogens with two attached hydrogens (primary N) is 1. The fraction of sp³-hybridized carbons (Fsp3) is 0.222. The molecule has 4 nitrogen and oxygen atoms in total. The minimum absolute atomic E-state index is 0.139. The Hall–Kier alpha value is -2.47. The Kier molecular flexibility index (Phi) is 4.76. The van der Waals surface area contributed by atoms with Crippen molar-refractivity contribution >= 4 is 29.2 Å².